The highest BCUT2D eigenvalue weighted by atomic mass is 16.5. The zero-order valence-corrected chi connectivity index (χ0v) is 18.5. The van der Waals surface area contributed by atoms with Crippen molar-refractivity contribution in [2.75, 3.05) is 26.6 Å². The van der Waals surface area contributed by atoms with Crippen molar-refractivity contribution in [3.05, 3.63) is 77.2 Å². The number of fused-ring (bicyclic) bond motifs is 1. The highest BCUT2D eigenvalue weighted by Crippen LogP contribution is 2.32. The maximum atomic E-state index is 8.68. The van der Waals surface area contributed by atoms with Crippen molar-refractivity contribution in [1.29, 1.82) is 5.41 Å². The number of likely N-dealkylation sites (N-methyl/N-ethyl adjacent to an activating group) is 1. The number of hydrogen-bond acceptors (Lipinski definition) is 7. The van der Waals surface area contributed by atoms with Gasteiger partial charge in [-0.15, -0.1) is 0 Å². The summed E-state index contributed by atoms with van der Waals surface area (Å²) in [4.78, 5) is 9.32. The molecule has 3 N–H and O–H groups in total. The first kappa shape index (κ1) is 21.4. The summed E-state index contributed by atoms with van der Waals surface area (Å²) in [5.41, 5.74) is 6.15. The summed E-state index contributed by atoms with van der Waals surface area (Å²) in [6.07, 6.45) is 3.94. The predicted molar refractivity (Wildman–Crippen MR) is 127 cm³/mol. The summed E-state index contributed by atoms with van der Waals surface area (Å²) in [6, 6.07) is 15.6. The highest BCUT2D eigenvalue weighted by molar-refractivity contribution is 6.24. The minimum absolute atomic E-state index is 0.473. The van der Waals surface area contributed by atoms with Crippen LogP contribution >= 0.6 is 0 Å². The number of benzene rings is 2. The van der Waals surface area contributed by atoms with E-state index < -0.39 is 0 Å². The lowest BCUT2D eigenvalue weighted by molar-refractivity contribution is 0.414. The van der Waals surface area contributed by atoms with Crippen molar-refractivity contribution in [2.45, 2.75) is 19.3 Å². The van der Waals surface area contributed by atoms with E-state index in [0.717, 1.165) is 45.9 Å². The Labute approximate surface area is 188 Å². The zero-order chi connectivity index (χ0) is 22.5. The molecule has 0 saturated carbocycles. The molecular weight excluding hydrogens is 402 g/mol. The van der Waals surface area contributed by atoms with Crippen LogP contribution in [0.2, 0.25) is 0 Å². The van der Waals surface area contributed by atoms with Crippen LogP contribution in [0.25, 0.3) is 5.57 Å². The van der Waals surface area contributed by atoms with Crippen LogP contribution < -0.4 is 20.1 Å². The molecule has 7 heteroatoms. The first-order valence-electron chi connectivity index (χ1n) is 10.5. The fourth-order valence-electron chi connectivity index (χ4n) is 3.84. The quantitative estimate of drug-likeness (QED) is 0.516. The molecule has 0 atom stereocenters. The van der Waals surface area contributed by atoms with E-state index in [-0.39, 0.29) is 0 Å². The molecule has 1 aromatic heterocycles. The normalized spacial score (nSPS) is 14.4. The van der Waals surface area contributed by atoms with Crippen LogP contribution in [0.3, 0.4) is 0 Å². The number of methoxy groups -OCH3 is 2. The number of nitrogens with one attached hydrogen (secondary N) is 3. The molecule has 3 aromatic rings. The molecule has 0 saturated heterocycles. The Morgan fingerprint density at radius 1 is 1.03 bits per heavy atom. The second kappa shape index (κ2) is 9.51. The van der Waals surface area contributed by atoms with Gasteiger partial charge in [-0.25, -0.2) is 9.97 Å². The Morgan fingerprint density at radius 3 is 2.53 bits per heavy atom. The minimum atomic E-state index is 0.473. The second-order valence-corrected chi connectivity index (χ2v) is 7.50. The Hall–Kier alpha value is -3.87. The Bertz CT molecular complexity index is 1160. The smallest absolute Gasteiger partial charge is 0.227 e. The van der Waals surface area contributed by atoms with E-state index in [4.69, 9.17) is 19.9 Å². The van der Waals surface area contributed by atoms with Gasteiger partial charge in [0.2, 0.25) is 5.95 Å². The van der Waals surface area contributed by atoms with Gasteiger partial charge in [0.15, 0.2) is 0 Å². The third-order valence-electron chi connectivity index (χ3n) is 5.54. The summed E-state index contributed by atoms with van der Waals surface area (Å²) >= 11 is 0. The molecule has 1 aliphatic carbocycles. The van der Waals surface area contributed by atoms with Gasteiger partial charge in [-0.2, -0.15) is 0 Å². The molecule has 0 aliphatic heterocycles. The number of nitrogens with zero attached hydrogens (tertiary/aromatic N) is 2. The second-order valence-electron chi connectivity index (χ2n) is 7.50. The van der Waals surface area contributed by atoms with Crippen molar-refractivity contribution in [2.24, 2.45) is 0 Å². The third kappa shape index (κ3) is 4.42. The van der Waals surface area contributed by atoms with Crippen LogP contribution in [0.15, 0.2) is 60.4 Å². The minimum Gasteiger partial charge on any atom is -0.497 e. The van der Waals surface area contributed by atoms with Gasteiger partial charge in [0.25, 0.3) is 0 Å². The molecule has 0 amide bonds. The lowest BCUT2D eigenvalue weighted by atomic mass is 9.88. The highest BCUT2D eigenvalue weighted by Gasteiger charge is 2.25. The van der Waals surface area contributed by atoms with Crippen LogP contribution in [-0.2, 0) is 12.8 Å². The lowest BCUT2D eigenvalue weighted by Gasteiger charge is -2.23. The van der Waals surface area contributed by atoms with Gasteiger partial charge in [-0.05, 0) is 48.2 Å². The van der Waals surface area contributed by atoms with E-state index >= 15 is 0 Å². The third-order valence-corrected chi connectivity index (χ3v) is 5.54. The molecule has 0 spiro atoms. The van der Waals surface area contributed by atoms with Crippen molar-refractivity contribution in [3.8, 4) is 11.5 Å². The van der Waals surface area contributed by atoms with E-state index in [1.54, 1.807) is 14.2 Å². The number of aryl methyl sites for hydroxylation is 1. The number of rotatable bonds is 7. The summed E-state index contributed by atoms with van der Waals surface area (Å²) in [6.45, 7) is 0. The van der Waals surface area contributed by atoms with E-state index in [9.17, 15) is 0 Å². The maximum Gasteiger partial charge on any atom is 0.227 e. The van der Waals surface area contributed by atoms with Crippen molar-refractivity contribution < 1.29 is 9.47 Å². The van der Waals surface area contributed by atoms with Gasteiger partial charge < -0.3 is 25.5 Å². The fraction of sp³-hybridized carbons (Fsp3) is 0.240. The monoisotopic (exact) mass is 429 g/mol. The Kier molecular flexibility index (Phi) is 6.35. The zero-order valence-electron chi connectivity index (χ0n) is 18.5. The van der Waals surface area contributed by atoms with Crippen molar-refractivity contribution in [1.82, 2.24) is 15.3 Å². The average Bonchev–Trinajstić information content (AvgIpc) is 2.83. The molecule has 0 fully saturated rings. The lowest BCUT2D eigenvalue weighted by Crippen LogP contribution is -2.22. The SMILES string of the molecule is CN/C(Cc1ccc(OC)cc1)=C1\C(=N)CCc2cnc(Nc3ccccc3OC)nc21. The predicted octanol–water partition coefficient (Wildman–Crippen LogP) is 4.38. The maximum absolute atomic E-state index is 8.68. The standard InChI is InChI=1S/C25H27N5O2/c1-27-21(14-16-8-11-18(31-2)12-9-16)23-19(26)13-10-17-15-28-25(30-24(17)23)29-20-6-4-5-7-22(20)32-3/h4-9,11-12,15,26-27H,10,13-14H2,1-3H3,(H,28,29,30)/b23-21+,26-19?. The van der Waals surface area contributed by atoms with Crippen LogP contribution in [0.4, 0.5) is 11.6 Å². The Balaban J connectivity index is 1.72. The molecule has 0 radical (unpaired) electrons. The molecule has 32 heavy (non-hydrogen) atoms. The molecule has 2 aromatic carbocycles. The largest absolute Gasteiger partial charge is 0.497 e. The van der Waals surface area contributed by atoms with Gasteiger partial charge in [-0.1, -0.05) is 24.3 Å². The van der Waals surface area contributed by atoms with Gasteiger partial charge in [0.1, 0.15) is 11.5 Å². The summed E-state index contributed by atoms with van der Waals surface area (Å²) < 4.78 is 10.7. The van der Waals surface area contributed by atoms with Gasteiger partial charge in [0.05, 0.1) is 25.6 Å². The molecule has 7 nitrogen and oxygen atoms in total. The van der Waals surface area contributed by atoms with Gasteiger partial charge in [-0.3, -0.25) is 0 Å². The van der Waals surface area contributed by atoms with Crippen LogP contribution in [-0.4, -0.2) is 36.9 Å². The van der Waals surface area contributed by atoms with E-state index in [1.165, 1.54) is 0 Å². The molecule has 4 rings (SSSR count). The number of anilines is 2. The Morgan fingerprint density at radius 2 is 1.81 bits per heavy atom. The number of para-hydroxylation sites is 2. The van der Waals surface area contributed by atoms with E-state index in [0.29, 0.717) is 30.3 Å². The topological polar surface area (TPSA) is 92.2 Å². The van der Waals surface area contributed by atoms with Gasteiger partial charge >= 0.3 is 0 Å². The first-order chi connectivity index (χ1) is 15.6. The van der Waals surface area contributed by atoms with Crippen LogP contribution in [0.5, 0.6) is 11.5 Å². The van der Waals surface area contributed by atoms with Crippen molar-refractivity contribution in [3.63, 3.8) is 0 Å². The molecule has 164 valence electrons. The van der Waals surface area contributed by atoms with Crippen molar-refractivity contribution >= 4 is 22.9 Å². The summed E-state index contributed by atoms with van der Waals surface area (Å²) in [5, 5.41) is 15.2. The van der Waals surface area contributed by atoms with E-state index in [1.807, 2.05) is 61.8 Å². The summed E-state index contributed by atoms with van der Waals surface area (Å²) in [7, 11) is 5.18. The number of allylic oxidation sites excluding steroid dienone is 2. The molecule has 0 bridgehead atoms. The number of ether oxygens (including phenoxy) is 2. The van der Waals surface area contributed by atoms with Crippen LogP contribution in [0.1, 0.15) is 23.2 Å². The number of hydrogen-bond donors (Lipinski definition) is 3. The fourth-order valence-corrected chi connectivity index (χ4v) is 3.84. The number of aromatic nitrogens is 2. The van der Waals surface area contributed by atoms with E-state index in [2.05, 4.69) is 15.6 Å². The molecule has 1 aliphatic rings. The molecule has 0 unspecified atom stereocenters. The molecular formula is C25H27N5O2. The van der Waals surface area contributed by atoms with Crippen LogP contribution in [0, 0.1) is 5.41 Å². The van der Waals surface area contributed by atoms with Gasteiger partial charge in [0, 0.05) is 36.6 Å². The molecule has 1 heterocycles. The first-order valence-corrected chi connectivity index (χ1v) is 10.5. The average molecular weight is 430 g/mol. The summed E-state index contributed by atoms with van der Waals surface area (Å²) in [5.74, 6) is 2.01.